The summed E-state index contributed by atoms with van der Waals surface area (Å²) in [5, 5.41) is 12.0. The molecule has 174 valence electrons. The van der Waals surface area contributed by atoms with E-state index in [1.54, 1.807) is 60.7 Å². The van der Waals surface area contributed by atoms with Crippen molar-refractivity contribution in [2.24, 2.45) is 0 Å². The van der Waals surface area contributed by atoms with Crippen molar-refractivity contribution < 1.29 is 24.2 Å². The number of methoxy groups -OCH3 is 1. The van der Waals surface area contributed by atoms with E-state index in [2.05, 4.69) is 0 Å². The van der Waals surface area contributed by atoms with Crippen LogP contribution in [0.1, 0.15) is 24.1 Å². The number of aliphatic hydroxyl groups is 1. The van der Waals surface area contributed by atoms with Crippen molar-refractivity contribution in [1.29, 1.82) is 0 Å². The SMILES string of the molecule is CCOc1cc(C2/C(=C(/O)c3cccc(Cl)c3)C(=O)C(=O)N2c2cccc(Cl)c2)ccc1OC. The fraction of sp³-hybridized carbons (Fsp3) is 0.154. The second-order valence-electron chi connectivity index (χ2n) is 7.50. The number of rotatable bonds is 6. The molecule has 1 saturated heterocycles. The van der Waals surface area contributed by atoms with Gasteiger partial charge in [0.1, 0.15) is 5.76 Å². The number of amides is 1. The molecule has 8 heteroatoms. The van der Waals surface area contributed by atoms with Gasteiger partial charge in [0.15, 0.2) is 11.5 Å². The Balaban J connectivity index is 1.97. The number of ether oxygens (including phenoxy) is 2. The number of carbonyl (C=O) groups excluding carboxylic acids is 2. The van der Waals surface area contributed by atoms with Gasteiger partial charge >= 0.3 is 0 Å². The first-order valence-electron chi connectivity index (χ1n) is 10.5. The summed E-state index contributed by atoms with van der Waals surface area (Å²) < 4.78 is 11.1. The second kappa shape index (κ2) is 9.79. The standard InChI is InChI=1S/C26H21Cl2NO5/c1-3-34-21-13-15(10-11-20(21)33-2)23-22(24(30)16-6-4-7-17(27)12-16)25(31)26(32)29(23)19-9-5-8-18(28)14-19/h4-14,23,30H,3H2,1-2H3/b24-22-. The third-order valence-electron chi connectivity index (χ3n) is 5.43. The lowest BCUT2D eigenvalue weighted by atomic mass is 9.94. The normalized spacial score (nSPS) is 17.2. The molecule has 1 amide bonds. The number of hydrogen-bond donors (Lipinski definition) is 1. The third-order valence-corrected chi connectivity index (χ3v) is 5.90. The molecule has 0 spiro atoms. The van der Waals surface area contributed by atoms with Crippen LogP contribution < -0.4 is 14.4 Å². The first-order chi connectivity index (χ1) is 16.3. The van der Waals surface area contributed by atoms with Gasteiger partial charge in [-0.15, -0.1) is 0 Å². The Labute approximate surface area is 206 Å². The van der Waals surface area contributed by atoms with Crippen LogP contribution in [0.4, 0.5) is 5.69 Å². The molecule has 4 rings (SSSR count). The maximum Gasteiger partial charge on any atom is 0.300 e. The van der Waals surface area contributed by atoms with Gasteiger partial charge in [0.25, 0.3) is 11.7 Å². The predicted molar refractivity (Wildman–Crippen MR) is 132 cm³/mol. The minimum atomic E-state index is -0.942. The van der Waals surface area contributed by atoms with E-state index in [1.807, 2.05) is 6.92 Å². The fourth-order valence-corrected chi connectivity index (χ4v) is 4.34. The minimum absolute atomic E-state index is 0.0696. The third kappa shape index (κ3) is 4.34. The van der Waals surface area contributed by atoms with Gasteiger partial charge in [-0.25, -0.2) is 0 Å². The van der Waals surface area contributed by atoms with Gasteiger partial charge in [0.05, 0.1) is 25.3 Å². The molecule has 1 atom stereocenters. The van der Waals surface area contributed by atoms with Crippen molar-refractivity contribution in [2.45, 2.75) is 13.0 Å². The summed E-state index contributed by atoms with van der Waals surface area (Å²) >= 11 is 12.3. The summed E-state index contributed by atoms with van der Waals surface area (Å²) in [6, 6.07) is 17.2. The first kappa shape index (κ1) is 23.7. The Morgan fingerprint density at radius 3 is 2.32 bits per heavy atom. The van der Waals surface area contributed by atoms with E-state index in [1.165, 1.54) is 18.1 Å². The van der Waals surface area contributed by atoms with Gasteiger partial charge in [-0.2, -0.15) is 0 Å². The summed E-state index contributed by atoms with van der Waals surface area (Å²) in [6.45, 7) is 2.22. The van der Waals surface area contributed by atoms with Gasteiger partial charge in [-0.05, 0) is 55.0 Å². The largest absolute Gasteiger partial charge is 0.507 e. The van der Waals surface area contributed by atoms with Crippen molar-refractivity contribution >= 4 is 46.3 Å². The van der Waals surface area contributed by atoms with Crippen LogP contribution in [0.15, 0.2) is 72.3 Å². The van der Waals surface area contributed by atoms with Gasteiger partial charge < -0.3 is 14.6 Å². The molecule has 3 aromatic rings. The van der Waals surface area contributed by atoms with E-state index in [9.17, 15) is 14.7 Å². The molecule has 0 saturated carbocycles. The highest BCUT2D eigenvalue weighted by molar-refractivity contribution is 6.52. The van der Waals surface area contributed by atoms with Gasteiger partial charge in [-0.3, -0.25) is 14.5 Å². The van der Waals surface area contributed by atoms with E-state index in [0.717, 1.165) is 0 Å². The van der Waals surface area contributed by atoms with E-state index in [0.29, 0.717) is 45.0 Å². The molecule has 0 bridgehead atoms. The maximum atomic E-state index is 13.3. The van der Waals surface area contributed by atoms with Crippen LogP contribution in [-0.4, -0.2) is 30.5 Å². The number of nitrogens with zero attached hydrogens (tertiary/aromatic N) is 1. The molecule has 1 unspecified atom stereocenters. The highest BCUT2D eigenvalue weighted by Crippen LogP contribution is 2.44. The van der Waals surface area contributed by atoms with Crippen molar-refractivity contribution in [2.75, 3.05) is 18.6 Å². The molecule has 0 aromatic heterocycles. The highest BCUT2D eigenvalue weighted by atomic mass is 35.5. The van der Waals surface area contributed by atoms with Crippen molar-refractivity contribution in [1.82, 2.24) is 0 Å². The molecule has 0 radical (unpaired) electrons. The number of Topliss-reactive ketones (excluding diaryl/α,β-unsaturated/α-hetero) is 1. The zero-order chi connectivity index (χ0) is 24.4. The molecule has 1 fully saturated rings. The Morgan fingerprint density at radius 1 is 0.971 bits per heavy atom. The summed E-state index contributed by atoms with van der Waals surface area (Å²) in [5.41, 5.74) is 1.21. The van der Waals surface area contributed by atoms with Crippen LogP contribution in [-0.2, 0) is 9.59 Å². The van der Waals surface area contributed by atoms with Crippen LogP contribution in [0.2, 0.25) is 10.0 Å². The van der Waals surface area contributed by atoms with Gasteiger partial charge in [0.2, 0.25) is 0 Å². The Bertz CT molecular complexity index is 1300. The predicted octanol–water partition coefficient (Wildman–Crippen LogP) is 6.03. The lowest BCUT2D eigenvalue weighted by Crippen LogP contribution is -2.29. The summed E-state index contributed by atoms with van der Waals surface area (Å²) in [7, 11) is 1.52. The van der Waals surface area contributed by atoms with Crippen molar-refractivity contribution in [3.05, 3.63) is 93.5 Å². The van der Waals surface area contributed by atoms with Gasteiger partial charge in [0, 0.05) is 21.3 Å². The van der Waals surface area contributed by atoms with Crippen molar-refractivity contribution in [3.8, 4) is 11.5 Å². The van der Waals surface area contributed by atoms with Gasteiger partial charge in [-0.1, -0.05) is 47.5 Å². The monoisotopic (exact) mass is 497 g/mol. The number of carbonyl (C=O) groups is 2. The lowest BCUT2D eigenvalue weighted by Gasteiger charge is -2.26. The average molecular weight is 498 g/mol. The molecule has 6 nitrogen and oxygen atoms in total. The Morgan fingerprint density at radius 2 is 1.68 bits per heavy atom. The van der Waals surface area contributed by atoms with Crippen LogP contribution in [0.3, 0.4) is 0 Å². The first-order valence-corrected chi connectivity index (χ1v) is 11.2. The molecule has 1 heterocycles. The second-order valence-corrected chi connectivity index (χ2v) is 8.38. The molecule has 34 heavy (non-hydrogen) atoms. The van der Waals surface area contributed by atoms with E-state index in [-0.39, 0.29) is 11.3 Å². The number of hydrogen-bond acceptors (Lipinski definition) is 5. The number of ketones is 1. The fourth-order valence-electron chi connectivity index (χ4n) is 3.96. The molecule has 0 aliphatic carbocycles. The molecular formula is C26H21Cl2NO5. The molecular weight excluding hydrogens is 477 g/mol. The number of anilines is 1. The summed E-state index contributed by atoms with van der Waals surface area (Å²) in [5.74, 6) is -0.993. The van der Waals surface area contributed by atoms with Crippen LogP contribution in [0.5, 0.6) is 11.5 Å². The average Bonchev–Trinajstić information content (AvgIpc) is 3.09. The van der Waals surface area contributed by atoms with E-state index in [4.69, 9.17) is 32.7 Å². The molecule has 1 aliphatic rings. The smallest absolute Gasteiger partial charge is 0.300 e. The molecule has 1 N–H and O–H groups in total. The van der Waals surface area contributed by atoms with Crippen LogP contribution >= 0.6 is 23.2 Å². The number of halogens is 2. The minimum Gasteiger partial charge on any atom is -0.507 e. The number of benzene rings is 3. The lowest BCUT2D eigenvalue weighted by molar-refractivity contribution is -0.132. The topological polar surface area (TPSA) is 76.1 Å². The zero-order valence-electron chi connectivity index (χ0n) is 18.4. The Kier molecular flexibility index (Phi) is 6.82. The van der Waals surface area contributed by atoms with Crippen LogP contribution in [0.25, 0.3) is 5.76 Å². The van der Waals surface area contributed by atoms with Crippen molar-refractivity contribution in [3.63, 3.8) is 0 Å². The molecule has 1 aliphatic heterocycles. The zero-order valence-corrected chi connectivity index (χ0v) is 19.9. The maximum absolute atomic E-state index is 13.3. The summed E-state index contributed by atoms with van der Waals surface area (Å²) in [6.07, 6.45) is 0. The van der Waals surface area contributed by atoms with E-state index < -0.39 is 17.7 Å². The molecule has 3 aromatic carbocycles. The van der Waals surface area contributed by atoms with E-state index >= 15 is 0 Å². The summed E-state index contributed by atoms with van der Waals surface area (Å²) in [4.78, 5) is 27.8. The Hall–Kier alpha value is -3.48. The highest BCUT2D eigenvalue weighted by Gasteiger charge is 2.47. The van der Waals surface area contributed by atoms with Crippen LogP contribution in [0, 0.1) is 0 Å². The quantitative estimate of drug-likeness (QED) is 0.255. The number of aliphatic hydroxyl groups excluding tert-OH is 1.